The molecule has 2 aliphatic carbocycles. The van der Waals surface area contributed by atoms with Gasteiger partial charge in [-0.25, -0.2) is 0 Å². The van der Waals surface area contributed by atoms with Gasteiger partial charge in [0.1, 0.15) is 0 Å². The summed E-state index contributed by atoms with van der Waals surface area (Å²) in [7, 11) is 18.4. The molecule has 2 atom stereocenters. The van der Waals surface area contributed by atoms with Crippen molar-refractivity contribution in [2.45, 2.75) is 46.8 Å². The Morgan fingerprint density at radius 1 is 0.462 bits per heavy atom. The molecule has 258 valence electrons. The molecule has 6 aromatic carbocycles. The Hall–Kier alpha value is -3.87. The van der Waals surface area contributed by atoms with Crippen molar-refractivity contribution in [1.29, 1.82) is 0 Å². The summed E-state index contributed by atoms with van der Waals surface area (Å²) >= 11 is -5.68. The molecule has 0 radical (unpaired) electrons. The van der Waals surface area contributed by atoms with Gasteiger partial charge in [0.15, 0.2) is 0 Å². The van der Waals surface area contributed by atoms with E-state index in [1.165, 1.54) is 55.7 Å². The summed E-state index contributed by atoms with van der Waals surface area (Å²) in [6.45, 7) is 4.56. The van der Waals surface area contributed by atoms with Crippen LogP contribution in [-0.4, -0.2) is 3.21 Å². The molecule has 0 aliphatic heterocycles. The van der Waals surface area contributed by atoms with E-state index in [0.717, 1.165) is 40.0 Å². The van der Waals surface area contributed by atoms with Gasteiger partial charge in [0.2, 0.25) is 0 Å². The van der Waals surface area contributed by atoms with Gasteiger partial charge in [-0.2, -0.15) is 0 Å². The van der Waals surface area contributed by atoms with Crippen LogP contribution in [0.25, 0.3) is 34.4 Å². The molecule has 0 saturated carbocycles. The van der Waals surface area contributed by atoms with Crippen molar-refractivity contribution < 1.29 is 15.9 Å². The summed E-state index contributed by atoms with van der Waals surface area (Å²) < 4.78 is 0.895. The van der Waals surface area contributed by atoms with Crippen LogP contribution in [-0.2, 0) is 15.9 Å². The van der Waals surface area contributed by atoms with Gasteiger partial charge in [-0.1, -0.05) is 0 Å². The van der Waals surface area contributed by atoms with Crippen LogP contribution in [0.15, 0.2) is 169 Å². The van der Waals surface area contributed by atoms with Crippen LogP contribution in [0.2, 0.25) is 0 Å². The van der Waals surface area contributed by atoms with E-state index in [-0.39, 0.29) is 7.25 Å². The van der Waals surface area contributed by atoms with Crippen molar-refractivity contribution in [1.82, 2.24) is 0 Å². The van der Waals surface area contributed by atoms with E-state index < -0.39 is 15.9 Å². The fraction of sp³-hybridized carbons (Fsp3) is 0.163. The second kappa shape index (κ2) is 14.5. The number of rotatable bonds is 10. The molecule has 52 heavy (non-hydrogen) atoms. The summed E-state index contributed by atoms with van der Waals surface area (Å²) in [4.78, 5) is 0. The summed E-state index contributed by atoms with van der Waals surface area (Å²) in [6, 6.07) is 56.9. The van der Waals surface area contributed by atoms with E-state index in [1.807, 2.05) is 0 Å². The van der Waals surface area contributed by atoms with Crippen LogP contribution >= 0.6 is 17.0 Å². The topological polar surface area (TPSA) is 0 Å². The predicted octanol–water partition coefficient (Wildman–Crippen LogP) is 14.5. The minimum absolute atomic E-state index is 0.129. The number of hydrogen-bond acceptors (Lipinski definition) is 0. The second-order valence-corrected chi connectivity index (χ2v) is 34.9. The number of hydrogen-bond donors (Lipinski definition) is 0. The van der Waals surface area contributed by atoms with E-state index in [1.54, 1.807) is 0 Å². The monoisotopic (exact) mass is 792 g/mol. The molecule has 0 heterocycles. The number of fused-ring (bicyclic) bond motifs is 2. The molecule has 0 bridgehead atoms. The molecular formula is C49H44Cl2Zr. The molecule has 0 fully saturated rings. The molecule has 3 heteroatoms. The zero-order valence-corrected chi connectivity index (χ0v) is 33.9. The van der Waals surface area contributed by atoms with Gasteiger partial charge in [-0.15, -0.1) is 0 Å². The SMILES string of the molecule is CCCC1=Cc2c(-c3ccccc3)cccc2[CH]1[Zr]([Cl])([Cl])(=[C](c1ccccc1)c1ccccc1)[CH]1C(CCC)=Cc2c(-c3ccccc3)cccc21. The number of allylic oxidation sites excluding steroid dienone is 2. The Morgan fingerprint density at radius 2 is 0.827 bits per heavy atom. The van der Waals surface area contributed by atoms with Crippen molar-refractivity contribution >= 4 is 32.4 Å². The molecule has 8 rings (SSSR count). The fourth-order valence-electron chi connectivity index (χ4n) is 9.31. The fourth-order valence-corrected chi connectivity index (χ4v) is 32.3. The Labute approximate surface area is 317 Å². The van der Waals surface area contributed by atoms with Gasteiger partial charge < -0.3 is 0 Å². The number of halogens is 2. The Bertz CT molecular complexity index is 2200. The minimum atomic E-state index is -5.68. The average molecular weight is 795 g/mol. The van der Waals surface area contributed by atoms with Crippen molar-refractivity contribution in [2.24, 2.45) is 0 Å². The van der Waals surface area contributed by atoms with E-state index in [0.29, 0.717) is 0 Å². The van der Waals surface area contributed by atoms with Crippen LogP contribution in [0.4, 0.5) is 0 Å². The molecule has 0 amide bonds. The first-order valence-electron chi connectivity index (χ1n) is 18.8. The van der Waals surface area contributed by atoms with E-state index in [9.17, 15) is 17.0 Å². The summed E-state index contributed by atoms with van der Waals surface area (Å²) in [5.74, 6) is 0. The van der Waals surface area contributed by atoms with Crippen molar-refractivity contribution in [2.75, 3.05) is 0 Å². The first kappa shape index (κ1) is 35.2. The van der Waals surface area contributed by atoms with Gasteiger partial charge in [-0.05, 0) is 0 Å². The Balaban J connectivity index is 1.54. The Kier molecular flexibility index (Phi) is 9.82. The first-order chi connectivity index (χ1) is 25.4. The van der Waals surface area contributed by atoms with Gasteiger partial charge >= 0.3 is 320 Å². The van der Waals surface area contributed by atoms with Crippen LogP contribution < -0.4 is 0 Å². The standard InChI is InChI=1S/2C18H17.C13H10.2ClH.Zr/c2*1-2-7-14-12-16-10-6-11-17(18(16)13-14)15-8-4-3-5-9-15;1-3-7-12(8-4-1)11-13-9-5-2-6-10-13;;;/h2*3-6,8-13H,2,7H2,1H3;1-10H;2*1H;/q;;;;;+2/p-2. The van der Waals surface area contributed by atoms with E-state index >= 15 is 0 Å². The van der Waals surface area contributed by atoms with Gasteiger partial charge in [-0.3, -0.25) is 0 Å². The van der Waals surface area contributed by atoms with Crippen LogP contribution in [0.1, 0.15) is 80.2 Å². The first-order valence-corrected chi connectivity index (χ1v) is 29.2. The summed E-state index contributed by atoms with van der Waals surface area (Å²) in [5, 5.41) is 0. The van der Waals surface area contributed by atoms with E-state index in [2.05, 4.69) is 184 Å². The maximum absolute atomic E-state index is 9.21. The van der Waals surface area contributed by atoms with Gasteiger partial charge in [0.25, 0.3) is 0 Å². The maximum atomic E-state index is 9.21. The summed E-state index contributed by atoms with van der Waals surface area (Å²) in [5.41, 5.74) is 15.0. The van der Waals surface area contributed by atoms with Crippen LogP contribution in [0, 0.1) is 0 Å². The summed E-state index contributed by atoms with van der Waals surface area (Å²) in [6.07, 6.45) is 8.83. The molecule has 0 spiro atoms. The van der Waals surface area contributed by atoms with Gasteiger partial charge in [0.05, 0.1) is 0 Å². The van der Waals surface area contributed by atoms with E-state index in [4.69, 9.17) is 0 Å². The van der Waals surface area contributed by atoms with Crippen molar-refractivity contribution in [3.05, 3.63) is 202 Å². The number of benzene rings is 6. The third-order valence-electron chi connectivity index (χ3n) is 11.2. The normalized spacial score (nSPS) is 16.6. The molecule has 0 aromatic heterocycles. The van der Waals surface area contributed by atoms with Crippen LogP contribution in [0.3, 0.4) is 0 Å². The molecule has 2 aliphatic rings. The third-order valence-corrected chi connectivity index (χ3v) is 30.9. The molecule has 0 nitrogen and oxygen atoms in total. The second-order valence-electron chi connectivity index (χ2n) is 14.4. The molecule has 0 saturated heterocycles. The predicted molar refractivity (Wildman–Crippen MR) is 223 cm³/mol. The molecule has 6 aromatic rings. The average Bonchev–Trinajstić information content (AvgIpc) is 3.76. The third kappa shape index (κ3) is 5.91. The zero-order valence-electron chi connectivity index (χ0n) is 29.9. The Morgan fingerprint density at radius 3 is 1.19 bits per heavy atom. The molecule has 0 N–H and O–H groups in total. The van der Waals surface area contributed by atoms with Crippen molar-refractivity contribution in [3.8, 4) is 22.3 Å². The quantitative estimate of drug-likeness (QED) is 0.130. The molecule has 2 unspecified atom stereocenters. The zero-order chi connectivity index (χ0) is 35.7. The van der Waals surface area contributed by atoms with Gasteiger partial charge in [0, 0.05) is 0 Å². The van der Waals surface area contributed by atoms with Crippen LogP contribution in [0.5, 0.6) is 0 Å². The van der Waals surface area contributed by atoms with Crippen molar-refractivity contribution in [3.63, 3.8) is 0 Å². The molecular weight excluding hydrogens is 751 g/mol.